The lowest BCUT2D eigenvalue weighted by Crippen LogP contribution is -1.94. The third kappa shape index (κ3) is 1.70. The fourth-order valence-electron chi connectivity index (χ4n) is 1.87. The van der Waals surface area contributed by atoms with E-state index in [-0.39, 0.29) is 0 Å². The van der Waals surface area contributed by atoms with Crippen LogP contribution in [-0.4, -0.2) is 9.55 Å². The van der Waals surface area contributed by atoms with Gasteiger partial charge in [0.25, 0.3) is 0 Å². The highest BCUT2D eigenvalue weighted by Crippen LogP contribution is 2.25. The third-order valence-electron chi connectivity index (χ3n) is 2.67. The predicted molar refractivity (Wildman–Crippen MR) is 73.2 cm³/mol. The molecular weight excluding hydrogens is 278 g/mol. The van der Waals surface area contributed by atoms with Crippen LogP contribution in [-0.2, 0) is 0 Å². The highest BCUT2D eigenvalue weighted by molar-refractivity contribution is 9.10. The molecule has 0 aliphatic rings. The minimum Gasteiger partial charge on any atom is -0.399 e. The Balaban J connectivity index is 2.29. The zero-order chi connectivity index (χ0) is 11.8. The maximum absolute atomic E-state index is 5.69. The second-order valence-corrected chi connectivity index (χ2v) is 4.51. The molecule has 0 fully saturated rings. The number of hydrogen-bond acceptors (Lipinski definition) is 2. The van der Waals surface area contributed by atoms with Gasteiger partial charge < -0.3 is 5.73 Å². The minimum atomic E-state index is 0.759. The highest BCUT2D eigenvalue weighted by atomic mass is 79.9. The molecule has 3 nitrogen and oxygen atoms in total. The number of nitrogens with zero attached hydrogens (tertiary/aromatic N) is 2. The molecule has 3 rings (SSSR count). The van der Waals surface area contributed by atoms with Crippen molar-refractivity contribution in [2.24, 2.45) is 0 Å². The van der Waals surface area contributed by atoms with Crippen molar-refractivity contribution in [3.8, 4) is 5.69 Å². The minimum absolute atomic E-state index is 0.759. The van der Waals surface area contributed by atoms with Crippen LogP contribution in [0.4, 0.5) is 5.69 Å². The lowest BCUT2D eigenvalue weighted by atomic mass is 10.2. The van der Waals surface area contributed by atoms with E-state index in [4.69, 9.17) is 5.73 Å². The summed E-state index contributed by atoms with van der Waals surface area (Å²) in [4.78, 5) is 4.46. The summed E-state index contributed by atoms with van der Waals surface area (Å²) in [6, 6.07) is 15.8. The van der Waals surface area contributed by atoms with Crippen LogP contribution in [0.5, 0.6) is 0 Å². The fraction of sp³-hybridized carbons (Fsp3) is 0. The fourth-order valence-corrected chi connectivity index (χ4v) is 2.45. The zero-order valence-corrected chi connectivity index (χ0v) is 10.6. The van der Waals surface area contributed by atoms with Crippen LogP contribution in [0.3, 0.4) is 0 Å². The Bertz CT molecular complexity index is 671. The average Bonchev–Trinajstić information content (AvgIpc) is 2.66. The monoisotopic (exact) mass is 287 g/mol. The van der Waals surface area contributed by atoms with E-state index in [1.54, 1.807) is 0 Å². The number of para-hydroxylation sites is 2. The number of anilines is 1. The van der Waals surface area contributed by atoms with Crippen LogP contribution in [0.1, 0.15) is 0 Å². The molecule has 84 valence electrons. The number of fused-ring (bicyclic) bond motifs is 1. The molecule has 0 bridgehead atoms. The number of benzene rings is 2. The Labute approximate surface area is 107 Å². The van der Waals surface area contributed by atoms with E-state index in [0.717, 1.165) is 27.1 Å². The maximum Gasteiger partial charge on any atom is 0.182 e. The van der Waals surface area contributed by atoms with Gasteiger partial charge in [0.2, 0.25) is 0 Å². The largest absolute Gasteiger partial charge is 0.399 e. The second kappa shape index (κ2) is 3.89. The van der Waals surface area contributed by atoms with Crippen molar-refractivity contribution in [2.45, 2.75) is 0 Å². The van der Waals surface area contributed by atoms with Crippen molar-refractivity contribution >= 4 is 32.7 Å². The SMILES string of the molecule is Nc1ccc(-n2c(Br)nc3ccccc32)cc1. The molecule has 0 amide bonds. The number of imidazole rings is 1. The van der Waals surface area contributed by atoms with Crippen molar-refractivity contribution in [1.29, 1.82) is 0 Å². The van der Waals surface area contributed by atoms with Crippen LogP contribution in [0.2, 0.25) is 0 Å². The Morgan fingerprint density at radius 1 is 1.00 bits per heavy atom. The van der Waals surface area contributed by atoms with E-state index in [2.05, 4.69) is 25.5 Å². The summed E-state index contributed by atoms with van der Waals surface area (Å²) in [5.74, 6) is 0. The van der Waals surface area contributed by atoms with Gasteiger partial charge in [-0.15, -0.1) is 0 Å². The molecular formula is C13H10BrN3. The van der Waals surface area contributed by atoms with Crippen molar-refractivity contribution in [3.05, 3.63) is 53.3 Å². The van der Waals surface area contributed by atoms with Gasteiger partial charge in [-0.25, -0.2) is 4.98 Å². The van der Waals surface area contributed by atoms with E-state index in [1.807, 2.05) is 48.5 Å². The van der Waals surface area contributed by atoms with Gasteiger partial charge in [-0.3, -0.25) is 4.57 Å². The molecule has 17 heavy (non-hydrogen) atoms. The number of nitrogens with two attached hydrogens (primary N) is 1. The summed E-state index contributed by atoms with van der Waals surface area (Å²) in [7, 11) is 0. The Kier molecular flexibility index (Phi) is 2.37. The Hall–Kier alpha value is -1.81. The van der Waals surface area contributed by atoms with Crippen molar-refractivity contribution in [2.75, 3.05) is 5.73 Å². The molecule has 1 aromatic heterocycles. The molecule has 2 aromatic carbocycles. The summed E-state index contributed by atoms with van der Waals surface area (Å²) in [6.45, 7) is 0. The van der Waals surface area contributed by atoms with Crippen LogP contribution in [0, 0.1) is 0 Å². The Morgan fingerprint density at radius 2 is 1.71 bits per heavy atom. The summed E-state index contributed by atoms with van der Waals surface area (Å²) in [5, 5.41) is 0. The van der Waals surface area contributed by atoms with Crippen molar-refractivity contribution < 1.29 is 0 Å². The zero-order valence-electron chi connectivity index (χ0n) is 8.97. The summed E-state index contributed by atoms with van der Waals surface area (Å²) < 4.78 is 2.85. The number of nitrogen functional groups attached to an aromatic ring is 1. The molecule has 1 heterocycles. The molecule has 2 N–H and O–H groups in total. The number of halogens is 1. The van der Waals surface area contributed by atoms with E-state index in [9.17, 15) is 0 Å². The predicted octanol–water partition coefficient (Wildman–Crippen LogP) is 3.37. The number of rotatable bonds is 1. The molecule has 0 aliphatic heterocycles. The molecule has 0 unspecified atom stereocenters. The van der Waals surface area contributed by atoms with Gasteiger partial charge in [-0.1, -0.05) is 12.1 Å². The van der Waals surface area contributed by atoms with E-state index >= 15 is 0 Å². The van der Waals surface area contributed by atoms with Gasteiger partial charge >= 0.3 is 0 Å². The van der Waals surface area contributed by atoms with Crippen LogP contribution in [0.15, 0.2) is 53.3 Å². The first-order chi connectivity index (χ1) is 8.25. The first-order valence-corrected chi connectivity index (χ1v) is 6.04. The highest BCUT2D eigenvalue weighted by Gasteiger charge is 2.08. The van der Waals surface area contributed by atoms with Gasteiger partial charge in [0.05, 0.1) is 11.0 Å². The maximum atomic E-state index is 5.69. The summed E-state index contributed by atoms with van der Waals surface area (Å²) in [6.07, 6.45) is 0. The lowest BCUT2D eigenvalue weighted by molar-refractivity contribution is 1.05. The molecule has 0 saturated heterocycles. The van der Waals surface area contributed by atoms with E-state index in [1.165, 1.54) is 0 Å². The van der Waals surface area contributed by atoms with Crippen LogP contribution >= 0.6 is 15.9 Å². The average molecular weight is 288 g/mol. The number of aromatic nitrogens is 2. The lowest BCUT2D eigenvalue weighted by Gasteiger charge is -2.06. The summed E-state index contributed by atoms with van der Waals surface area (Å²) >= 11 is 3.49. The normalized spacial score (nSPS) is 10.9. The van der Waals surface area contributed by atoms with Gasteiger partial charge in [0, 0.05) is 11.4 Å². The number of hydrogen-bond donors (Lipinski definition) is 1. The third-order valence-corrected chi connectivity index (χ3v) is 3.20. The molecule has 3 aromatic rings. The quantitative estimate of drug-likeness (QED) is 0.698. The molecule has 0 radical (unpaired) electrons. The van der Waals surface area contributed by atoms with Crippen LogP contribution in [0.25, 0.3) is 16.7 Å². The van der Waals surface area contributed by atoms with E-state index < -0.39 is 0 Å². The smallest absolute Gasteiger partial charge is 0.182 e. The molecule has 0 atom stereocenters. The first kappa shape index (κ1) is 10.4. The second-order valence-electron chi connectivity index (χ2n) is 3.80. The molecule has 0 aliphatic carbocycles. The van der Waals surface area contributed by atoms with Crippen LogP contribution < -0.4 is 5.73 Å². The topological polar surface area (TPSA) is 43.8 Å². The molecule has 0 spiro atoms. The first-order valence-electron chi connectivity index (χ1n) is 5.24. The van der Waals surface area contributed by atoms with E-state index in [0.29, 0.717) is 0 Å². The van der Waals surface area contributed by atoms with Gasteiger partial charge in [-0.05, 0) is 52.3 Å². The van der Waals surface area contributed by atoms with Crippen molar-refractivity contribution in [3.63, 3.8) is 0 Å². The summed E-state index contributed by atoms with van der Waals surface area (Å²) in [5.41, 5.74) is 9.54. The van der Waals surface area contributed by atoms with Gasteiger partial charge in [0.1, 0.15) is 0 Å². The van der Waals surface area contributed by atoms with Gasteiger partial charge in [0.15, 0.2) is 4.73 Å². The Morgan fingerprint density at radius 3 is 2.47 bits per heavy atom. The van der Waals surface area contributed by atoms with Crippen molar-refractivity contribution in [1.82, 2.24) is 9.55 Å². The molecule has 4 heteroatoms. The van der Waals surface area contributed by atoms with Gasteiger partial charge in [-0.2, -0.15) is 0 Å². The molecule has 0 saturated carbocycles. The standard InChI is InChI=1S/C13H10BrN3/c14-13-16-11-3-1-2-4-12(11)17(13)10-7-5-9(15)6-8-10/h1-8H,15H2.